The molecule has 1 amide bonds. The highest BCUT2D eigenvalue weighted by atomic mass is 79.9. The highest BCUT2D eigenvalue weighted by Gasteiger charge is 2.03. The molecule has 0 unspecified atom stereocenters. The van der Waals surface area contributed by atoms with Crippen molar-refractivity contribution < 1.29 is 4.79 Å². The van der Waals surface area contributed by atoms with Gasteiger partial charge in [0.05, 0.1) is 0 Å². The standard InChI is InChI=1S/C14H21ClN4O.BrH/c1-10(2)9-19-14(16)18-8-7-17-13(20)11-3-5-12(15)6-4-11;/h3-6,10H,7-9H2,1-2H3,(H,17,20)(H3,16,18,19);1H. The minimum Gasteiger partial charge on any atom is -0.370 e. The van der Waals surface area contributed by atoms with Gasteiger partial charge in [-0.1, -0.05) is 25.4 Å². The van der Waals surface area contributed by atoms with Crippen LogP contribution in [0.5, 0.6) is 0 Å². The predicted octanol–water partition coefficient (Wildman–Crippen LogP) is 2.21. The van der Waals surface area contributed by atoms with Gasteiger partial charge >= 0.3 is 0 Å². The van der Waals surface area contributed by atoms with E-state index in [1.807, 2.05) is 0 Å². The number of hydrogen-bond donors (Lipinski definition) is 3. The summed E-state index contributed by atoms with van der Waals surface area (Å²) in [5.74, 6) is 0.737. The average molecular weight is 378 g/mol. The van der Waals surface area contributed by atoms with Gasteiger partial charge in [-0.15, -0.1) is 17.0 Å². The fourth-order valence-electron chi connectivity index (χ4n) is 1.41. The highest BCUT2D eigenvalue weighted by molar-refractivity contribution is 8.93. The van der Waals surface area contributed by atoms with Gasteiger partial charge in [-0.25, -0.2) is 0 Å². The predicted molar refractivity (Wildman–Crippen MR) is 93.4 cm³/mol. The molecule has 21 heavy (non-hydrogen) atoms. The molecule has 0 fully saturated rings. The molecular formula is C14H22BrClN4O. The first-order chi connectivity index (χ1) is 9.49. The number of nitrogens with one attached hydrogen (secondary N) is 2. The topological polar surface area (TPSA) is 79.5 Å². The highest BCUT2D eigenvalue weighted by Crippen LogP contribution is 2.08. The molecule has 4 N–H and O–H groups in total. The van der Waals surface area contributed by atoms with Gasteiger partial charge in [-0.3, -0.25) is 9.79 Å². The van der Waals surface area contributed by atoms with E-state index in [1.165, 1.54) is 0 Å². The van der Waals surface area contributed by atoms with Crippen LogP contribution in [-0.4, -0.2) is 31.5 Å². The van der Waals surface area contributed by atoms with Crippen LogP contribution in [0, 0.1) is 5.92 Å². The molecule has 0 aliphatic carbocycles. The van der Waals surface area contributed by atoms with Gasteiger partial charge in [0.2, 0.25) is 0 Å². The third kappa shape index (κ3) is 8.57. The first kappa shape index (κ1) is 19.7. The normalized spacial score (nSPS) is 11.0. The zero-order valence-corrected chi connectivity index (χ0v) is 14.7. The Morgan fingerprint density at radius 3 is 2.38 bits per heavy atom. The van der Waals surface area contributed by atoms with Crippen molar-refractivity contribution in [1.82, 2.24) is 10.6 Å². The van der Waals surface area contributed by atoms with Crippen LogP contribution in [0.1, 0.15) is 24.2 Å². The molecule has 0 saturated heterocycles. The van der Waals surface area contributed by atoms with E-state index in [0.29, 0.717) is 42.1 Å². The molecular weight excluding hydrogens is 356 g/mol. The number of carbonyl (C=O) groups is 1. The summed E-state index contributed by atoms with van der Waals surface area (Å²) < 4.78 is 0. The van der Waals surface area contributed by atoms with Crippen LogP contribution in [0.15, 0.2) is 29.3 Å². The number of halogens is 2. The number of benzene rings is 1. The second-order valence-corrected chi connectivity index (χ2v) is 5.25. The number of nitrogens with two attached hydrogens (primary N) is 1. The summed E-state index contributed by atoms with van der Waals surface area (Å²) in [6.07, 6.45) is 0. The first-order valence-electron chi connectivity index (χ1n) is 6.56. The van der Waals surface area contributed by atoms with Gasteiger partial charge in [0.25, 0.3) is 5.91 Å². The second-order valence-electron chi connectivity index (χ2n) is 4.81. The molecule has 0 bridgehead atoms. The molecule has 5 nitrogen and oxygen atoms in total. The van der Waals surface area contributed by atoms with E-state index in [4.69, 9.17) is 17.3 Å². The monoisotopic (exact) mass is 376 g/mol. The van der Waals surface area contributed by atoms with Crippen LogP contribution in [0.4, 0.5) is 0 Å². The Kier molecular flexibility index (Phi) is 9.82. The molecule has 0 spiro atoms. The molecule has 0 aliphatic heterocycles. The van der Waals surface area contributed by atoms with Crippen molar-refractivity contribution in [3.63, 3.8) is 0 Å². The Bertz CT molecular complexity index is 463. The van der Waals surface area contributed by atoms with Crippen molar-refractivity contribution in [3.05, 3.63) is 34.9 Å². The fourth-order valence-corrected chi connectivity index (χ4v) is 1.53. The quantitative estimate of drug-likeness (QED) is 0.404. The molecule has 0 heterocycles. The third-order valence-electron chi connectivity index (χ3n) is 2.45. The third-order valence-corrected chi connectivity index (χ3v) is 2.70. The molecule has 118 valence electrons. The lowest BCUT2D eigenvalue weighted by Crippen LogP contribution is -2.38. The SMILES string of the molecule is Br.CC(C)CN=C(N)NCCNC(=O)c1ccc(Cl)cc1. The number of nitrogens with zero attached hydrogens (tertiary/aromatic N) is 1. The number of amides is 1. The minimum atomic E-state index is -0.138. The van der Waals surface area contributed by atoms with Gasteiger partial charge in [0.15, 0.2) is 5.96 Å². The van der Waals surface area contributed by atoms with Crippen molar-refractivity contribution in [3.8, 4) is 0 Å². The molecule has 7 heteroatoms. The molecule has 0 atom stereocenters. The van der Waals surface area contributed by atoms with Crippen LogP contribution < -0.4 is 16.4 Å². The molecule has 1 aromatic rings. The number of aliphatic imine (C=N–C) groups is 1. The van der Waals surface area contributed by atoms with Gasteiger partial charge in [0.1, 0.15) is 0 Å². The van der Waals surface area contributed by atoms with Gasteiger partial charge in [0, 0.05) is 30.2 Å². The van der Waals surface area contributed by atoms with Crippen molar-refractivity contribution >= 4 is 40.4 Å². The summed E-state index contributed by atoms with van der Waals surface area (Å²) >= 11 is 5.76. The van der Waals surface area contributed by atoms with E-state index >= 15 is 0 Å². The zero-order valence-electron chi connectivity index (χ0n) is 12.2. The molecule has 1 rings (SSSR count). The van der Waals surface area contributed by atoms with Gasteiger partial charge in [-0.05, 0) is 30.2 Å². The lowest BCUT2D eigenvalue weighted by Gasteiger charge is -2.08. The lowest BCUT2D eigenvalue weighted by atomic mass is 10.2. The Balaban J connectivity index is 0.00000400. The number of rotatable bonds is 6. The van der Waals surface area contributed by atoms with Crippen molar-refractivity contribution in [2.45, 2.75) is 13.8 Å². The van der Waals surface area contributed by atoms with Crippen molar-refractivity contribution in [2.75, 3.05) is 19.6 Å². The summed E-state index contributed by atoms with van der Waals surface area (Å²) in [6, 6.07) is 6.74. The Morgan fingerprint density at radius 1 is 1.24 bits per heavy atom. The van der Waals surface area contributed by atoms with E-state index < -0.39 is 0 Å². The van der Waals surface area contributed by atoms with Crippen molar-refractivity contribution in [1.29, 1.82) is 0 Å². The smallest absolute Gasteiger partial charge is 0.251 e. The maximum atomic E-state index is 11.8. The Morgan fingerprint density at radius 2 is 1.81 bits per heavy atom. The maximum Gasteiger partial charge on any atom is 0.251 e. The van der Waals surface area contributed by atoms with Crippen LogP contribution in [0.25, 0.3) is 0 Å². The second kappa shape index (κ2) is 10.5. The van der Waals surface area contributed by atoms with E-state index in [-0.39, 0.29) is 22.9 Å². The molecule has 0 aromatic heterocycles. The summed E-state index contributed by atoms with van der Waals surface area (Å²) in [5.41, 5.74) is 6.26. The molecule has 0 radical (unpaired) electrons. The largest absolute Gasteiger partial charge is 0.370 e. The van der Waals surface area contributed by atoms with Crippen LogP contribution in [-0.2, 0) is 0 Å². The maximum absolute atomic E-state index is 11.8. The van der Waals surface area contributed by atoms with Gasteiger partial charge in [-0.2, -0.15) is 0 Å². The molecule has 1 aromatic carbocycles. The lowest BCUT2D eigenvalue weighted by molar-refractivity contribution is 0.0954. The minimum absolute atomic E-state index is 0. The average Bonchev–Trinajstić information content (AvgIpc) is 2.42. The number of carbonyl (C=O) groups excluding carboxylic acids is 1. The zero-order chi connectivity index (χ0) is 15.0. The summed E-state index contributed by atoms with van der Waals surface area (Å²) in [5, 5.41) is 6.34. The summed E-state index contributed by atoms with van der Waals surface area (Å²) in [7, 11) is 0. The number of hydrogen-bond acceptors (Lipinski definition) is 2. The van der Waals surface area contributed by atoms with E-state index in [0.717, 1.165) is 0 Å². The van der Waals surface area contributed by atoms with Crippen LogP contribution >= 0.6 is 28.6 Å². The number of guanidine groups is 1. The van der Waals surface area contributed by atoms with Crippen molar-refractivity contribution in [2.24, 2.45) is 16.6 Å². The van der Waals surface area contributed by atoms with E-state index in [2.05, 4.69) is 29.5 Å². The molecule has 0 aliphatic rings. The van der Waals surface area contributed by atoms with Gasteiger partial charge < -0.3 is 16.4 Å². The van der Waals surface area contributed by atoms with E-state index in [1.54, 1.807) is 24.3 Å². The Labute approximate surface area is 141 Å². The Hall–Kier alpha value is -1.27. The molecule has 0 saturated carbocycles. The fraction of sp³-hybridized carbons (Fsp3) is 0.429. The first-order valence-corrected chi connectivity index (χ1v) is 6.94. The summed E-state index contributed by atoms with van der Waals surface area (Å²) in [4.78, 5) is 15.9. The van der Waals surface area contributed by atoms with Crippen LogP contribution in [0.2, 0.25) is 5.02 Å². The summed E-state index contributed by atoms with van der Waals surface area (Å²) in [6.45, 7) is 5.84. The van der Waals surface area contributed by atoms with E-state index in [9.17, 15) is 4.79 Å². The van der Waals surface area contributed by atoms with Crippen LogP contribution in [0.3, 0.4) is 0 Å².